The molecule has 7 heteroatoms. The summed E-state index contributed by atoms with van der Waals surface area (Å²) >= 11 is 0. The SMILES string of the molecule is Cc1nnnn1-c1cccc(NCCCOc2ccc(C#N)cc2)c1. The predicted octanol–water partition coefficient (Wildman–Crippen LogP) is 2.72. The van der Waals surface area contributed by atoms with Crippen LogP contribution in [0.15, 0.2) is 48.5 Å². The smallest absolute Gasteiger partial charge is 0.153 e. The third kappa shape index (κ3) is 4.32. The molecule has 0 amide bonds. The average molecular weight is 334 g/mol. The number of anilines is 1. The minimum absolute atomic E-state index is 0.602. The van der Waals surface area contributed by atoms with Gasteiger partial charge in [0.2, 0.25) is 0 Å². The van der Waals surface area contributed by atoms with Crippen molar-refractivity contribution in [1.29, 1.82) is 5.26 Å². The highest BCUT2D eigenvalue weighted by Crippen LogP contribution is 2.15. The van der Waals surface area contributed by atoms with E-state index in [0.29, 0.717) is 12.2 Å². The van der Waals surface area contributed by atoms with E-state index in [1.807, 2.05) is 43.3 Å². The van der Waals surface area contributed by atoms with Gasteiger partial charge in [-0.1, -0.05) is 6.07 Å². The number of aromatic nitrogens is 4. The number of tetrazole rings is 1. The van der Waals surface area contributed by atoms with Crippen molar-refractivity contribution in [3.63, 3.8) is 0 Å². The maximum atomic E-state index is 8.77. The fraction of sp³-hybridized carbons (Fsp3) is 0.222. The molecule has 0 saturated carbocycles. The normalized spacial score (nSPS) is 10.2. The summed E-state index contributed by atoms with van der Waals surface area (Å²) in [5.74, 6) is 1.52. The van der Waals surface area contributed by atoms with E-state index in [1.54, 1.807) is 16.8 Å². The van der Waals surface area contributed by atoms with Gasteiger partial charge >= 0.3 is 0 Å². The first kappa shape index (κ1) is 16.5. The Hall–Kier alpha value is -3.40. The van der Waals surface area contributed by atoms with E-state index < -0.39 is 0 Å². The third-order valence-electron chi connectivity index (χ3n) is 3.62. The van der Waals surface area contributed by atoms with E-state index in [9.17, 15) is 0 Å². The molecule has 1 heterocycles. The van der Waals surface area contributed by atoms with Gasteiger partial charge in [-0.3, -0.25) is 0 Å². The van der Waals surface area contributed by atoms with E-state index in [-0.39, 0.29) is 0 Å². The molecule has 0 atom stereocenters. The molecular formula is C18H18N6O. The topological polar surface area (TPSA) is 88.7 Å². The molecule has 7 nitrogen and oxygen atoms in total. The largest absolute Gasteiger partial charge is 0.494 e. The molecule has 0 spiro atoms. The second-order valence-electron chi connectivity index (χ2n) is 5.45. The molecule has 1 aromatic heterocycles. The molecule has 1 N–H and O–H groups in total. The molecule has 0 saturated heterocycles. The van der Waals surface area contributed by atoms with Crippen LogP contribution in [0.5, 0.6) is 5.75 Å². The first-order valence-corrected chi connectivity index (χ1v) is 7.98. The number of nitrogens with zero attached hydrogens (tertiary/aromatic N) is 5. The lowest BCUT2D eigenvalue weighted by atomic mass is 10.2. The molecule has 25 heavy (non-hydrogen) atoms. The van der Waals surface area contributed by atoms with E-state index in [1.165, 1.54) is 0 Å². The zero-order chi connectivity index (χ0) is 17.5. The molecule has 0 aliphatic heterocycles. The summed E-state index contributed by atoms with van der Waals surface area (Å²) in [6.07, 6.45) is 0.855. The highest BCUT2D eigenvalue weighted by Gasteiger charge is 2.04. The summed E-state index contributed by atoms with van der Waals surface area (Å²) in [6, 6.07) is 17.1. The van der Waals surface area contributed by atoms with Gasteiger partial charge in [0.1, 0.15) is 5.75 Å². The second-order valence-corrected chi connectivity index (χ2v) is 5.45. The Morgan fingerprint density at radius 2 is 2.04 bits per heavy atom. The van der Waals surface area contributed by atoms with Crippen molar-refractivity contribution >= 4 is 5.69 Å². The minimum atomic E-state index is 0.602. The van der Waals surface area contributed by atoms with Gasteiger partial charge in [0.25, 0.3) is 0 Å². The van der Waals surface area contributed by atoms with Gasteiger partial charge in [-0.15, -0.1) is 5.10 Å². The van der Waals surface area contributed by atoms with Crippen LogP contribution in [0.25, 0.3) is 5.69 Å². The summed E-state index contributed by atoms with van der Waals surface area (Å²) in [5.41, 5.74) is 2.55. The van der Waals surface area contributed by atoms with Crippen LogP contribution < -0.4 is 10.1 Å². The highest BCUT2D eigenvalue weighted by molar-refractivity contribution is 5.50. The second kappa shape index (κ2) is 7.93. The van der Waals surface area contributed by atoms with Gasteiger partial charge in [-0.2, -0.15) is 9.94 Å². The summed E-state index contributed by atoms with van der Waals surface area (Å²) in [4.78, 5) is 0. The lowest BCUT2D eigenvalue weighted by Crippen LogP contribution is -2.08. The van der Waals surface area contributed by atoms with Crippen LogP contribution >= 0.6 is 0 Å². The quantitative estimate of drug-likeness (QED) is 0.668. The van der Waals surface area contributed by atoms with E-state index >= 15 is 0 Å². The number of benzene rings is 2. The van der Waals surface area contributed by atoms with Gasteiger partial charge < -0.3 is 10.1 Å². The molecule has 0 unspecified atom stereocenters. The molecule has 0 fully saturated rings. The number of nitrogens with one attached hydrogen (secondary N) is 1. The molecule has 0 bridgehead atoms. The van der Waals surface area contributed by atoms with Gasteiger partial charge in [-0.25, -0.2) is 0 Å². The first-order valence-electron chi connectivity index (χ1n) is 7.98. The number of hydrogen-bond donors (Lipinski definition) is 1. The van der Waals surface area contributed by atoms with Crippen molar-refractivity contribution in [3.05, 3.63) is 59.9 Å². The monoisotopic (exact) mass is 334 g/mol. The molecule has 0 aliphatic carbocycles. The van der Waals surface area contributed by atoms with Gasteiger partial charge in [0, 0.05) is 12.2 Å². The molecule has 3 aromatic rings. The molecule has 2 aromatic carbocycles. The van der Waals surface area contributed by atoms with Gasteiger partial charge in [-0.05, 0) is 66.2 Å². The molecule has 0 aliphatic rings. The fourth-order valence-electron chi connectivity index (χ4n) is 2.34. The van der Waals surface area contributed by atoms with Crippen molar-refractivity contribution in [1.82, 2.24) is 20.2 Å². The fourth-order valence-corrected chi connectivity index (χ4v) is 2.34. The van der Waals surface area contributed by atoms with Crippen LogP contribution in [-0.2, 0) is 0 Å². The minimum Gasteiger partial charge on any atom is -0.494 e. The van der Waals surface area contributed by atoms with Crippen LogP contribution in [0.1, 0.15) is 17.8 Å². The van der Waals surface area contributed by atoms with Crippen molar-refractivity contribution in [2.24, 2.45) is 0 Å². The maximum Gasteiger partial charge on any atom is 0.153 e. The summed E-state index contributed by atoms with van der Waals surface area (Å²) in [7, 11) is 0. The summed E-state index contributed by atoms with van der Waals surface area (Å²) in [5, 5.41) is 23.7. The van der Waals surface area contributed by atoms with Crippen molar-refractivity contribution in [3.8, 4) is 17.5 Å². The molecular weight excluding hydrogens is 316 g/mol. The van der Waals surface area contributed by atoms with Gasteiger partial charge in [0.15, 0.2) is 5.82 Å². The Labute approximate surface area is 145 Å². The van der Waals surface area contributed by atoms with Crippen LogP contribution in [0.3, 0.4) is 0 Å². The Morgan fingerprint density at radius 1 is 1.20 bits per heavy atom. The van der Waals surface area contributed by atoms with Crippen LogP contribution in [0, 0.1) is 18.3 Å². The van der Waals surface area contributed by atoms with Crippen LogP contribution in [0.4, 0.5) is 5.69 Å². The van der Waals surface area contributed by atoms with Crippen LogP contribution in [0.2, 0.25) is 0 Å². The number of nitriles is 1. The summed E-state index contributed by atoms with van der Waals surface area (Å²) < 4.78 is 7.36. The zero-order valence-corrected chi connectivity index (χ0v) is 13.9. The number of rotatable bonds is 7. The average Bonchev–Trinajstić information content (AvgIpc) is 3.08. The lowest BCUT2D eigenvalue weighted by molar-refractivity contribution is 0.315. The van der Waals surface area contributed by atoms with E-state index in [0.717, 1.165) is 35.9 Å². The maximum absolute atomic E-state index is 8.77. The lowest BCUT2D eigenvalue weighted by Gasteiger charge is -2.09. The van der Waals surface area contributed by atoms with Crippen molar-refractivity contribution in [2.75, 3.05) is 18.5 Å². The Bertz CT molecular complexity index is 866. The number of hydrogen-bond acceptors (Lipinski definition) is 6. The first-order chi connectivity index (χ1) is 12.3. The van der Waals surface area contributed by atoms with E-state index in [2.05, 4.69) is 26.9 Å². The van der Waals surface area contributed by atoms with E-state index in [4.69, 9.17) is 10.00 Å². The Balaban J connectivity index is 1.46. The van der Waals surface area contributed by atoms with Gasteiger partial charge in [0.05, 0.1) is 23.9 Å². The predicted molar refractivity (Wildman–Crippen MR) is 93.6 cm³/mol. The third-order valence-corrected chi connectivity index (χ3v) is 3.62. The van der Waals surface area contributed by atoms with Crippen LogP contribution in [-0.4, -0.2) is 33.4 Å². The molecule has 0 radical (unpaired) electrons. The molecule has 3 rings (SSSR count). The molecule has 126 valence electrons. The Kier molecular flexibility index (Phi) is 5.22. The van der Waals surface area contributed by atoms with Crippen molar-refractivity contribution in [2.45, 2.75) is 13.3 Å². The Morgan fingerprint density at radius 3 is 2.76 bits per heavy atom. The highest BCUT2D eigenvalue weighted by atomic mass is 16.5. The zero-order valence-electron chi connectivity index (χ0n) is 13.9. The number of ether oxygens (including phenoxy) is 1. The summed E-state index contributed by atoms with van der Waals surface area (Å²) in [6.45, 7) is 3.25. The number of aryl methyl sites for hydroxylation is 1. The standard InChI is InChI=1S/C18H18N6O/c1-14-21-22-23-24(14)17-5-2-4-16(12-17)20-10-3-11-25-18-8-6-15(13-19)7-9-18/h2,4-9,12,20H,3,10-11H2,1H3. The van der Waals surface area contributed by atoms with Crippen molar-refractivity contribution < 1.29 is 4.74 Å².